The Morgan fingerprint density at radius 3 is 2.82 bits per heavy atom. The summed E-state index contributed by atoms with van der Waals surface area (Å²) in [6.45, 7) is 6.33. The number of nitrogens with zero attached hydrogens (tertiary/aromatic N) is 2. The number of likely N-dealkylation sites (N-methyl/N-ethyl adjacent to an activating group) is 1. The van der Waals surface area contributed by atoms with Crippen LogP contribution in [0.1, 0.15) is 0 Å². The molecule has 3 nitrogen and oxygen atoms in total. The van der Waals surface area contributed by atoms with Gasteiger partial charge in [-0.3, -0.25) is 4.90 Å². The summed E-state index contributed by atoms with van der Waals surface area (Å²) < 4.78 is 13.1. The lowest BCUT2D eigenvalue weighted by Gasteiger charge is -2.29. The molecule has 0 amide bonds. The Morgan fingerprint density at radius 1 is 1.35 bits per heavy atom. The van der Waals surface area contributed by atoms with Gasteiger partial charge in [-0.25, -0.2) is 4.39 Å². The van der Waals surface area contributed by atoms with Crippen molar-refractivity contribution in [2.45, 2.75) is 0 Å². The fourth-order valence-corrected chi connectivity index (χ4v) is 2.07. The molecule has 1 N–H and O–H groups in total. The predicted molar refractivity (Wildman–Crippen MR) is 69.0 cm³/mol. The number of piperazine rings is 1. The first-order chi connectivity index (χ1) is 8.25. The first-order valence-corrected chi connectivity index (χ1v) is 6.15. The van der Waals surface area contributed by atoms with Crippen LogP contribution in [0.15, 0.2) is 24.3 Å². The van der Waals surface area contributed by atoms with Crippen LogP contribution in [0.2, 0.25) is 0 Å². The molecule has 4 heteroatoms. The Hall–Kier alpha value is -1.13. The molecule has 0 spiro atoms. The highest BCUT2D eigenvalue weighted by molar-refractivity contribution is 5.45. The largest absolute Gasteiger partial charge is 0.373 e. The van der Waals surface area contributed by atoms with Gasteiger partial charge in [0.05, 0.1) is 0 Å². The maximum Gasteiger partial charge on any atom is 0.125 e. The molecule has 17 heavy (non-hydrogen) atoms. The number of hydrogen-bond acceptors (Lipinski definition) is 3. The highest BCUT2D eigenvalue weighted by atomic mass is 19.1. The molecule has 0 aromatic heterocycles. The second kappa shape index (κ2) is 5.98. The number of halogens is 1. The van der Waals surface area contributed by atoms with Gasteiger partial charge in [0, 0.05) is 52.0 Å². The molecule has 1 fully saturated rings. The van der Waals surface area contributed by atoms with Crippen LogP contribution in [0.4, 0.5) is 10.1 Å². The number of benzene rings is 1. The van der Waals surface area contributed by atoms with E-state index in [0.717, 1.165) is 45.0 Å². The Bertz CT molecular complexity index is 350. The molecule has 0 saturated carbocycles. The van der Waals surface area contributed by atoms with Gasteiger partial charge in [-0.15, -0.1) is 0 Å². The average molecular weight is 237 g/mol. The van der Waals surface area contributed by atoms with Crippen molar-refractivity contribution in [2.75, 3.05) is 51.2 Å². The first-order valence-electron chi connectivity index (χ1n) is 6.15. The summed E-state index contributed by atoms with van der Waals surface area (Å²) in [5.41, 5.74) is 0.945. The Labute approximate surface area is 102 Å². The zero-order valence-electron chi connectivity index (χ0n) is 10.3. The van der Waals surface area contributed by atoms with Crippen molar-refractivity contribution in [1.29, 1.82) is 0 Å². The molecule has 1 heterocycles. The molecular formula is C13H20FN3. The summed E-state index contributed by atoms with van der Waals surface area (Å²) in [7, 11) is 2.01. The summed E-state index contributed by atoms with van der Waals surface area (Å²) in [4.78, 5) is 4.54. The molecule has 1 aliphatic heterocycles. The minimum absolute atomic E-state index is 0.170. The molecule has 1 aromatic rings. The van der Waals surface area contributed by atoms with Crippen LogP contribution in [0, 0.1) is 5.82 Å². The minimum atomic E-state index is -0.170. The molecule has 1 aromatic carbocycles. The predicted octanol–water partition coefficient (Wildman–Crippen LogP) is 1.17. The van der Waals surface area contributed by atoms with Gasteiger partial charge in [0.15, 0.2) is 0 Å². The van der Waals surface area contributed by atoms with E-state index in [1.807, 2.05) is 13.1 Å². The van der Waals surface area contributed by atoms with Crippen LogP contribution in [-0.2, 0) is 0 Å². The van der Waals surface area contributed by atoms with E-state index < -0.39 is 0 Å². The Kier molecular flexibility index (Phi) is 4.34. The molecule has 2 rings (SSSR count). The second-order valence-corrected chi connectivity index (χ2v) is 4.49. The van der Waals surface area contributed by atoms with Crippen LogP contribution in [0.3, 0.4) is 0 Å². The van der Waals surface area contributed by atoms with E-state index in [0.29, 0.717) is 0 Å². The van der Waals surface area contributed by atoms with Crippen molar-refractivity contribution in [3.8, 4) is 0 Å². The fraction of sp³-hybridized carbons (Fsp3) is 0.538. The lowest BCUT2D eigenvalue weighted by Crippen LogP contribution is -2.46. The van der Waals surface area contributed by atoms with Crippen molar-refractivity contribution < 1.29 is 4.39 Å². The average Bonchev–Trinajstić information content (AvgIpc) is 2.37. The zero-order chi connectivity index (χ0) is 12.1. The SMILES string of the molecule is CN(CCN1CCNCC1)c1cccc(F)c1. The lowest BCUT2D eigenvalue weighted by atomic mass is 10.3. The summed E-state index contributed by atoms with van der Waals surface area (Å²) in [5, 5.41) is 3.34. The van der Waals surface area contributed by atoms with Crippen molar-refractivity contribution in [3.05, 3.63) is 30.1 Å². The third-order valence-corrected chi connectivity index (χ3v) is 3.21. The van der Waals surface area contributed by atoms with E-state index in [1.54, 1.807) is 12.1 Å². The monoisotopic (exact) mass is 237 g/mol. The number of anilines is 1. The van der Waals surface area contributed by atoms with E-state index in [-0.39, 0.29) is 5.82 Å². The van der Waals surface area contributed by atoms with Crippen LogP contribution >= 0.6 is 0 Å². The highest BCUT2D eigenvalue weighted by Gasteiger charge is 2.10. The van der Waals surface area contributed by atoms with E-state index in [2.05, 4.69) is 15.1 Å². The maximum atomic E-state index is 13.1. The molecule has 0 atom stereocenters. The summed E-state index contributed by atoms with van der Waals surface area (Å²) in [5.74, 6) is -0.170. The number of hydrogen-bond donors (Lipinski definition) is 1. The minimum Gasteiger partial charge on any atom is -0.373 e. The topological polar surface area (TPSA) is 18.5 Å². The standard InChI is InChI=1S/C13H20FN3/c1-16(13-4-2-3-12(14)11-13)9-10-17-7-5-15-6-8-17/h2-4,11,15H,5-10H2,1H3. The van der Waals surface area contributed by atoms with Gasteiger partial charge in [-0.05, 0) is 18.2 Å². The van der Waals surface area contributed by atoms with Crippen molar-refractivity contribution in [2.24, 2.45) is 0 Å². The van der Waals surface area contributed by atoms with Crippen LogP contribution in [0.5, 0.6) is 0 Å². The summed E-state index contributed by atoms with van der Waals surface area (Å²) in [6.07, 6.45) is 0. The molecule has 1 aliphatic rings. The molecular weight excluding hydrogens is 217 g/mol. The van der Waals surface area contributed by atoms with Crippen molar-refractivity contribution >= 4 is 5.69 Å². The molecule has 1 saturated heterocycles. The van der Waals surface area contributed by atoms with Gasteiger partial charge in [0.25, 0.3) is 0 Å². The normalized spacial score (nSPS) is 17.1. The third kappa shape index (κ3) is 3.68. The van der Waals surface area contributed by atoms with E-state index in [4.69, 9.17) is 0 Å². The molecule has 0 unspecified atom stereocenters. The van der Waals surface area contributed by atoms with Gasteiger partial charge < -0.3 is 10.2 Å². The van der Waals surface area contributed by atoms with Crippen molar-refractivity contribution in [3.63, 3.8) is 0 Å². The molecule has 0 bridgehead atoms. The second-order valence-electron chi connectivity index (χ2n) is 4.49. The van der Waals surface area contributed by atoms with E-state index >= 15 is 0 Å². The van der Waals surface area contributed by atoms with Gasteiger partial charge in [-0.1, -0.05) is 6.07 Å². The number of nitrogens with one attached hydrogen (secondary N) is 1. The van der Waals surface area contributed by atoms with E-state index in [1.165, 1.54) is 6.07 Å². The summed E-state index contributed by atoms with van der Waals surface area (Å²) >= 11 is 0. The third-order valence-electron chi connectivity index (χ3n) is 3.21. The van der Waals surface area contributed by atoms with Gasteiger partial charge >= 0.3 is 0 Å². The van der Waals surface area contributed by atoms with Crippen molar-refractivity contribution in [1.82, 2.24) is 10.2 Å². The van der Waals surface area contributed by atoms with Gasteiger partial charge in [-0.2, -0.15) is 0 Å². The quantitative estimate of drug-likeness (QED) is 0.848. The van der Waals surface area contributed by atoms with E-state index in [9.17, 15) is 4.39 Å². The molecule has 94 valence electrons. The first kappa shape index (κ1) is 12.3. The zero-order valence-corrected chi connectivity index (χ0v) is 10.3. The molecule has 0 radical (unpaired) electrons. The fourth-order valence-electron chi connectivity index (χ4n) is 2.07. The van der Waals surface area contributed by atoms with Crippen LogP contribution < -0.4 is 10.2 Å². The Morgan fingerprint density at radius 2 is 2.12 bits per heavy atom. The number of rotatable bonds is 4. The van der Waals surface area contributed by atoms with Gasteiger partial charge in [0.1, 0.15) is 5.82 Å². The Balaban J connectivity index is 1.82. The molecule has 0 aliphatic carbocycles. The highest BCUT2D eigenvalue weighted by Crippen LogP contribution is 2.13. The van der Waals surface area contributed by atoms with Crippen LogP contribution in [-0.4, -0.2) is 51.2 Å². The smallest absolute Gasteiger partial charge is 0.125 e. The maximum absolute atomic E-state index is 13.1. The summed E-state index contributed by atoms with van der Waals surface area (Å²) in [6, 6.07) is 6.76. The van der Waals surface area contributed by atoms with Crippen LogP contribution in [0.25, 0.3) is 0 Å². The van der Waals surface area contributed by atoms with Gasteiger partial charge in [0.2, 0.25) is 0 Å². The lowest BCUT2D eigenvalue weighted by molar-refractivity contribution is 0.246.